The maximum absolute atomic E-state index is 10.2. The zero-order valence-corrected chi connectivity index (χ0v) is 6.30. The first kappa shape index (κ1) is 7.91. The Hall–Kier alpha value is -1.19. The van der Waals surface area contributed by atoms with Gasteiger partial charge in [-0.3, -0.25) is 0 Å². The molecule has 3 N–H and O–H groups in total. The molecule has 0 aromatic rings. The van der Waals surface area contributed by atoms with Crippen molar-refractivity contribution < 1.29 is 9.53 Å². The first-order chi connectivity index (χ1) is 5.29. The van der Waals surface area contributed by atoms with Crippen molar-refractivity contribution in [3.63, 3.8) is 0 Å². The highest BCUT2D eigenvalue weighted by Crippen LogP contribution is 2.09. The Morgan fingerprint density at radius 1 is 1.64 bits per heavy atom. The van der Waals surface area contributed by atoms with E-state index in [0.29, 0.717) is 0 Å². The molecule has 0 aromatic carbocycles. The van der Waals surface area contributed by atoms with Crippen LogP contribution in [0.2, 0.25) is 0 Å². The first-order valence-electron chi connectivity index (χ1n) is 3.68. The summed E-state index contributed by atoms with van der Waals surface area (Å²) in [4.78, 5) is 10.2. The molecule has 4 nitrogen and oxygen atoms in total. The second-order valence-electron chi connectivity index (χ2n) is 2.46. The molecule has 11 heavy (non-hydrogen) atoms. The lowest BCUT2D eigenvalue weighted by atomic mass is 10.1. The molecule has 1 aliphatic heterocycles. The van der Waals surface area contributed by atoms with E-state index >= 15 is 0 Å². The quantitative estimate of drug-likeness (QED) is 0.549. The Bertz CT molecular complexity index is 169. The molecule has 1 saturated heterocycles. The lowest BCUT2D eigenvalue weighted by molar-refractivity contribution is 0.195. The summed E-state index contributed by atoms with van der Waals surface area (Å²) in [5.74, 6) is 0. The summed E-state index contributed by atoms with van der Waals surface area (Å²) in [5, 5.41) is 3.10. The van der Waals surface area contributed by atoms with Gasteiger partial charge in [0.15, 0.2) is 0 Å². The Labute approximate surface area is 65.4 Å². The molecule has 0 atom stereocenters. The van der Waals surface area contributed by atoms with E-state index < -0.39 is 6.09 Å². The van der Waals surface area contributed by atoms with Crippen molar-refractivity contribution in [3.8, 4) is 0 Å². The van der Waals surface area contributed by atoms with Crippen LogP contribution in [0.15, 0.2) is 12.0 Å². The average molecular weight is 156 g/mol. The molecule has 62 valence electrons. The SMILES string of the molecule is NC(=O)O/C=C1/CCCCN1. The predicted octanol–water partition coefficient (Wildman–Crippen LogP) is 0.697. The molecule has 1 aliphatic rings. The normalized spacial score (nSPS) is 20.9. The number of piperidine rings is 1. The summed E-state index contributed by atoms with van der Waals surface area (Å²) < 4.78 is 4.50. The van der Waals surface area contributed by atoms with Crippen molar-refractivity contribution in [1.82, 2.24) is 5.32 Å². The van der Waals surface area contributed by atoms with Gasteiger partial charge in [-0.15, -0.1) is 0 Å². The van der Waals surface area contributed by atoms with Crippen LogP contribution in [0.5, 0.6) is 0 Å². The lowest BCUT2D eigenvalue weighted by Crippen LogP contribution is -2.21. The highest BCUT2D eigenvalue weighted by atomic mass is 16.5. The zero-order valence-electron chi connectivity index (χ0n) is 6.30. The van der Waals surface area contributed by atoms with Crippen molar-refractivity contribution in [2.45, 2.75) is 19.3 Å². The van der Waals surface area contributed by atoms with E-state index in [-0.39, 0.29) is 0 Å². The molecule has 0 saturated carbocycles. The molecule has 1 heterocycles. The Balaban J connectivity index is 2.32. The topological polar surface area (TPSA) is 64.4 Å². The third kappa shape index (κ3) is 2.93. The van der Waals surface area contributed by atoms with Crippen molar-refractivity contribution in [2.24, 2.45) is 5.73 Å². The molecule has 1 amide bonds. The molecule has 0 aromatic heterocycles. The molecular formula is C7H12N2O2. The number of hydrogen-bond donors (Lipinski definition) is 2. The zero-order chi connectivity index (χ0) is 8.10. The van der Waals surface area contributed by atoms with E-state index in [1.807, 2.05) is 0 Å². The summed E-state index contributed by atoms with van der Waals surface area (Å²) in [6.07, 6.45) is 3.88. The fraction of sp³-hybridized carbons (Fsp3) is 0.571. The summed E-state index contributed by atoms with van der Waals surface area (Å²) in [6.45, 7) is 0.952. The maximum Gasteiger partial charge on any atom is 0.409 e. The number of rotatable bonds is 1. The van der Waals surface area contributed by atoms with Crippen molar-refractivity contribution in [2.75, 3.05) is 6.54 Å². The van der Waals surface area contributed by atoms with Crippen LogP contribution >= 0.6 is 0 Å². The molecular weight excluding hydrogens is 144 g/mol. The van der Waals surface area contributed by atoms with Crippen LogP contribution in [0.3, 0.4) is 0 Å². The van der Waals surface area contributed by atoms with E-state index in [9.17, 15) is 4.79 Å². The van der Waals surface area contributed by atoms with E-state index in [0.717, 1.165) is 25.1 Å². The van der Waals surface area contributed by atoms with Crippen LogP contribution in [0.1, 0.15) is 19.3 Å². The van der Waals surface area contributed by atoms with Crippen molar-refractivity contribution in [1.29, 1.82) is 0 Å². The summed E-state index contributed by atoms with van der Waals surface area (Å²) in [7, 11) is 0. The van der Waals surface area contributed by atoms with Gasteiger partial charge in [0, 0.05) is 12.2 Å². The average Bonchev–Trinajstić information content (AvgIpc) is 2.03. The number of carbonyl (C=O) groups excluding carboxylic acids is 1. The Kier molecular flexibility index (Phi) is 2.77. The largest absolute Gasteiger partial charge is 0.417 e. The second-order valence-corrected chi connectivity index (χ2v) is 2.46. The van der Waals surface area contributed by atoms with Gasteiger partial charge in [0.05, 0.1) is 0 Å². The van der Waals surface area contributed by atoms with Crippen molar-refractivity contribution in [3.05, 3.63) is 12.0 Å². The van der Waals surface area contributed by atoms with Crippen LogP contribution < -0.4 is 11.1 Å². The lowest BCUT2D eigenvalue weighted by Gasteiger charge is -2.15. The third-order valence-electron chi connectivity index (χ3n) is 1.54. The van der Waals surface area contributed by atoms with Gasteiger partial charge < -0.3 is 15.8 Å². The van der Waals surface area contributed by atoms with Gasteiger partial charge in [-0.05, 0) is 19.3 Å². The van der Waals surface area contributed by atoms with Crippen LogP contribution in [0.4, 0.5) is 4.79 Å². The van der Waals surface area contributed by atoms with Gasteiger partial charge in [-0.1, -0.05) is 0 Å². The number of nitrogens with two attached hydrogens (primary N) is 1. The Morgan fingerprint density at radius 2 is 2.45 bits per heavy atom. The standard InChI is InChI=1S/C7H12N2O2/c8-7(10)11-5-6-3-1-2-4-9-6/h5,9H,1-4H2,(H2,8,10)/b6-5-. The molecule has 0 spiro atoms. The first-order valence-corrected chi connectivity index (χ1v) is 3.68. The van der Waals surface area contributed by atoms with Gasteiger partial charge in [-0.2, -0.15) is 0 Å². The second kappa shape index (κ2) is 3.85. The molecule has 0 aliphatic carbocycles. The summed E-state index contributed by atoms with van der Waals surface area (Å²) in [6, 6.07) is 0. The molecule has 4 heteroatoms. The van der Waals surface area contributed by atoms with Crippen LogP contribution in [0, 0.1) is 0 Å². The minimum Gasteiger partial charge on any atom is -0.417 e. The maximum atomic E-state index is 10.2. The van der Waals surface area contributed by atoms with E-state index in [1.165, 1.54) is 12.7 Å². The van der Waals surface area contributed by atoms with Crippen LogP contribution in [-0.4, -0.2) is 12.6 Å². The van der Waals surface area contributed by atoms with E-state index in [1.54, 1.807) is 0 Å². The highest BCUT2D eigenvalue weighted by molar-refractivity contribution is 5.65. The van der Waals surface area contributed by atoms with Gasteiger partial charge >= 0.3 is 6.09 Å². The number of allylic oxidation sites excluding steroid dienone is 1. The predicted molar refractivity (Wildman–Crippen MR) is 40.6 cm³/mol. The van der Waals surface area contributed by atoms with Crippen LogP contribution in [0.25, 0.3) is 0 Å². The smallest absolute Gasteiger partial charge is 0.409 e. The molecule has 1 rings (SSSR count). The highest BCUT2D eigenvalue weighted by Gasteiger charge is 2.03. The number of amides is 1. The number of ether oxygens (including phenoxy) is 1. The van der Waals surface area contributed by atoms with E-state index in [2.05, 4.69) is 10.1 Å². The number of carbonyl (C=O) groups is 1. The van der Waals surface area contributed by atoms with Crippen molar-refractivity contribution >= 4 is 6.09 Å². The van der Waals surface area contributed by atoms with Gasteiger partial charge in [-0.25, -0.2) is 4.79 Å². The Morgan fingerprint density at radius 3 is 3.00 bits per heavy atom. The fourth-order valence-electron chi connectivity index (χ4n) is 1.01. The van der Waals surface area contributed by atoms with E-state index in [4.69, 9.17) is 5.73 Å². The van der Waals surface area contributed by atoms with Crippen LogP contribution in [-0.2, 0) is 4.74 Å². The summed E-state index contributed by atoms with van der Waals surface area (Å²) in [5.41, 5.74) is 5.73. The molecule has 1 fully saturated rings. The fourth-order valence-corrected chi connectivity index (χ4v) is 1.01. The number of nitrogens with one attached hydrogen (secondary N) is 1. The molecule has 0 unspecified atom stereocenters. The molecule has 0 radical (unpaired) electrons. The molecule has 0 bridgehead atoms. The van der Waals surface area contributed by atoms with Gasteiger partial charge in [0.1, 0.15) is 6.26 Å². The number of hydrogen-bond acceptors (Lipinski definition) is 3. The third-order valence-corrected chi connectivity index (χ3v) is 1.54. The minimum absolute atomic E-state index is 0.759. The minimum atomic E-state index is -0.759. The monoisotopic (exact) mass is 156 g/mol. The summed E-state index contributed by atoms with van der Waals surface area (Å²) >= 11 is 0. The van der Waals surface area contributed by atoms with Gasteiger partial charge in [0.25, 0.3) is 0 Å². The van der Waals surface area contributed by atoms with Gasteiger partial charge in [0.2, 0.25) is 0 Å². The number of primary amides is 1.